The predicted molar refractivity (Wildman–Crippen MR) is 82.4 cm³/mol. The monoisotopic (exact) mass is 328 g/mol. The Morgan fingerprint density at radius 2 is 2.00 bits per heavy atom. The number of rotatable bonds is 4. The predicted octanol–water partition coefficient (Wildman–Crippen LogP) is 4.44. The molecule has 0 bridgehead atoms. The summed E-state index contributed by atoms with van der Waals surface area (Å²) in [4.78, 5) is 12.2. The molecule has 1 aromatic heterocycles. The molecule has 0 saturated heterocycles. The van der Waals surface area contributed by atoms with Crippen molar-refractivity contribution in [1.29, 1.82) is 0 Å². The molecule has 0 spiro atoms. The Kier molecular flexibility index (Phi) is 4.91. The van der Waals surface area contributed by atoms with Crippen molar-refractivity contribution >= 4 is 29.1 Å². The summed E-state index contributed by atoms with van der Waals surface area (Å²) in [5, 5.41) is 3.43. The van der Waals surface area contributed by atoms with Crippen LogP contribution in [0.3, 0.4) is 0 Å². The van der Waals surface area contributed by atoms with Crippen LogP contribution in [0.2, 0.25) is 10.2 Å². The normalized spacial score (nSPS) is 11.0. The van der Waals surface area contributed by atoms with Gasteiger partial charge in [0.25, 0.3) is 5.91 Å². The van der Waals surface area contributed by atoms with Gasteiger partial charge in [0.2, 0.25) is 0 Å². The lowest BCUT2D eigenvalue weighted by atomic mass is 10.2. The Bertz CT molecular complexity index is 647. The first-order valence-corrected chi connectivity index (χ1v) is 7.25. The number of amides is 1. The standard InChI is InChI=1S/C15H15Cl2FN2O/c1-9(2)20-13(6-7-14(20)17)15(21)19-8-10-11(16)4-3-5-12(10)18/h3-7,9H,8H2,1-2H3,(H,19,21). The molecule has 3 nitrogen and oxygen atoms in total. The van der Waals surface area contributed by atoms with Crippen LogP contribution in [0.4, 0.5) is 4.39 Å². The number of carbonyl (C=O) groups excluding carboxylic acids is 1. The average Bonchev–Trinajstić information content (AvgIpc) is 2.80. The summed E-state index contributed by atoms with van der Waals surface area (Å²) in [5.41, 5.74) is 0.698. The Labute approximate surface area is 132 Å². The van der Waals surface area contributed by atoms with Gasteiger partial charge in [0.05, 0.1) is 0 Å². The summed E-state index contributed by atoms with van der Waals surface area (Å²) < 4.78 is 15.4. The molecule has 21 heavy (non-hydrogen) atoms. The second kappa shape index (κ2) is 6.50. The van der Waals surface area contributed by atoms with Crippen LogP contribution < -0.4 is 5.32 Å². The number of halogens is 3. The number of benzene rings is 1. The second-order valence-electron chi connectivity index (χ2n) is 4.89. The Morgan fingerprint density at radius 3 is 2.62 bits per heavy atom. The van der Waals surface area contributed by atoms with E-state index < -0.39 is 5.82 Å². The van der Waals surface area contributed by atoms with Crippen LogP contribution in [0.25, 0.3) is 0 Å². The Balaban J connectivity index is 2.16. The van der Waals surface area contributed by atoms with E-state index >= 15 is 0 Å². The van der Waals surface area contributed by atoms with Gasteiger partial charge in [-0.2, -0.15) is 0 Å². The van der Waals surface area contributed by atoms with E-state index in [1.54, 1.807) is 22.8 Å². The molecule has 0 saturated carbocycles. The minimum atomic E-state index is -0.444. The molecule has 112 valence electrons. The van der Waals surface area contributed by atoms with Crippen molar-refractivity contribution in [1.82, 2.24) is 9.88 Å². The first kappa shape index (κ1) is 15.9. The highest BCUT2D eigenvalue weighted by atomic mass is 35.5. The van der Waals surface area contributed by atoms with Gasteiger partial charge < -0.3 is 9.88 Å². The van der Waals surface area contributed by atoms with Crippen molar-refractivity contribution in [2.75, 3.05) is 0 Å². The lowest BCUT2D eigenvalue weighted by molar-refractivity contribution is 0.0940. The van der Waals surface area contributed by atoms with Crippen LogP contribution in [0.5, 0.6) is 0 Å². The van der Waals surface area contributed by atoms with Crippen LogP contribution >= 0.6 is 23.2 Å². The van der Waals surface area contributed by atoms with E-state index in [1.165, 1.54) is 12.1 Å². The molecule has 0 aliphatic rings. The van der Waals surface area contributed by atoms with Gasteiger partial charge in [0.15, 0.2) is 0 Å². The van der Waals surface area contributed by atoms with Gasteiger partial charge in [-0.3, -0.25) is 4.79 Å². The van der Waals surface area contributed by atoms with Crippen LogP contribution in [0.1, 0.15) is 35.9 Å². The largest absolute Gasteiger partial charge is 0.347 e. The molecule has 2 aromatic rings. The highest BCUT2D eigenvalue weighted by molar-refractivity contribution is 6.31. The van der Waals surface area contributed by atoms with E-state index in [2.05, 4.69) is 5.32 Å². The Hall–Kier alpha value is -1.52. The zero-order chi connectivity index (χ0) is 15.6. The minimum Gasteiger partial charge on any atom is -0.347 e. The van der Waals surface area contributed by atoms with Crippen molar-refractivity contribution in [3.05, 3.63) is 57.6 Å². The van der Waals surface area contributed by atoms with Gasteiger partial charge in [-0.15, -0.1) is 0 Å². The molecule has 0 aliphatic carbocycles. The van der Waals surface area contributed by atoms with E-state index in [1.807, 2.05) is 13.8 Å². The second-order valence-corrected chi connectivity index (χ2v) is 5.68. The van der Waals surface area contributed by atoms with E-state index in [9.17, 15) is 9.18 Å². The molecule has 1 amide bonds. The summed E-state index contributed by atoms with van der Waals surface area (Å²) >= 11 is 12.0. The Morgan fingerprint density at radius 1 is 1.29 bits per heavy atom. The fourth-order valence-electron chi connectivity index (χ4n) is 2.09. The summed E-state index contributed by atoms with van der Waals surface area (Å²) in [7, 11) is 0. The maximum Gasteiger partial charge on any atom is 0.268 e. The third-order valence-electron chi connectivity index (χ3n) is 3.10. The molecular formula is C15H15Cl2FN2O. The van der Waals surface area contributed by atoms with Gasteiger partial charge in [0.1, 0.15) is 16.7 Å². The molecule has 1 N–H and O–H groups in total. The molecule has 0 unspecified atom stereocenters. The molecular weight excluding hydrogens is 314 g/mol. The summed E-state index contributed by atoms with van der Waals surface area (Å²) in [6, 6.07) is 7.76. The maximum absolute atomic E-state index is 13.7. The molecule has 6 heteroatoms. The fraction of sp³-hybridized carbons (Fsp3) is 0.267. The number of nitrogens with one attached hydrogen (secondary N) is 1. The molecule has 0 aliphatic heterocycles. The van der Waals surface area contributed by atoms with Gasteiger partial charge >= 0.3 is 0 Å². The van der Waals surface area contributed by atoms with Crippen molar-refractivity contribution in [3.8, 4) is 0 Å². The van der Waals surface area contributed by atoms with E-state index in [0.29, 0.717) is 10.8 Å². The van der Waals surface area contributed by atoms with E-state index in [0.717, 1.165) is 0 Å². The van der Waals surface area contributed by atoms with Gasteiger partial charge in [0, 0.05) is 23.2 Å². The zero-order valence-electron chi connectivity index (χ0n) is 11.7. The van der Waals surface area contributed by atoms with Crippen molar-refractivity contribution in [2.45, 2.75) is 26.4 Å². The SMILES string of the molecule is CC(C)n1c(Cl)ccc1C(=O)NCc1c(F)cccc1Cl. The first-order chi connectivity index (χ1) is 9.91. The quantitative estimate of drug-likeness (QED) is 0.884. The highest BCUT2D eigenvalue weighted by Crippen LogP contribution is 2.22. The molecule has 0 fully saturated rings. The maximum atomic E-state index is 13.7. The molecule has 1 heterocycles. The number of aromatic nitrogens is 1. The van der Waals surface area contributed by atoms with Crippen LogP contribution in [0, 0.1) is 5.82 Å². The van der Waals surface area contributed by atoms with Crippen molar-refractivity contribution in [3.63, 3.8) is 0 Å². The highest BCUT2D eigenvalue weighted by Gasteiger charge is 2.17. The van der Waals surface area contributed by atoms with Crippen LogP contribution in [-0.2, 0) is 6.54 Å². The molecule has 0 radical (unpaired) electrons. The van der Waals surface area contributed by atoms with Gasteiger partial charge in [-0.25, -0.2) is 4.39 Å². The lowest BCUT2D eigenvalue weighted by Gasteiger charge is -2.14. The van der Waals surface area contributed by atoms with Crippen LogP contribution in [-0.4, -0.2) is 10.5 Å². The average molecular weight is 329 g/mol. The molecule has 2 rings (SSSR count). The van der Waals surface area contributed by atoms with E-state index in [-0.39, 0.29) is 29.1 Å². The topological polar surface area (TPSA) is 34.0 Å². The number of hydrogen-bond donors (Lipinski definition) is 1. The van der Waals surface area contributed by atoms with E-state index in [4.69, 9.17) is 23.2 Å². The van der Waals surface area contributed by atoms with Gasteiger partial charge in [-0.05, 0) is 38.1 Å². The summed E-state index contributed by atoms with van der Waals surface area (Å²) in [6.45, 7) is 3.87. The zero-order valence-corrected chi connectivity index (χ0v) is 13.2. The number of nitrogens with zero attached hydrogens (tertiary/aromatic N) is 1. The third-order valence-corrected chi connectivity index (χ3v) is 3.77. The number of carbonyl (C=O) groups is 1. The first-order valence-electron chi connectivity index (χ1n) is 6.49. The van der Waals surface area contributed by atoms with Crippen molar-refractivity contribution < 1.29 is 9.18 Å². The smallest absolute Gasteiger partial charge is 0.268 e. The third kappa shape index (κ3) is 3.39. The lowest BCUT2D eigenvalue weighted by Crippen LogP contribution is -2.26. The summed E-state index contributed by atoms with van der Waals surface area (Å²) in [5.74, 6) is -0.769. The molecule has 1 aromatic carbocycles. The van der Waals surface area contributed by atoms with Gasteiger partial charge in [-0.1, -0.05) is 29.3 Å². The summed E-state index contributed by atoms with van der Waals surface area (Å²) in [6.07, 6.45) is 0. The minimum absolute atomic E-state index is 0.0191. The fourth-order valence-corrected chi connectivity index (χ4v) is 2.67. The number of hydrogen-bond acceptors (Lipinski definition) is 1. The van der Waals surface area contributed by atoms with Crippen molar-refractivity contribution in [2.24, 2.45) is 0 Å². The molecule has 0 atom stereocenters. The van der Waals surface area contributed by atoms with Crippen LogP contribution in [0.15, 0.2) is 30.3 Å².